The molecule has 88 valence electrons. The van der Waals surface area contributed by atoms with Crippen molar-refractivity contribution in [3.8, 4) is 5.75 Å². The monoisotopic (exact) mass is 225 g/mol. The van der Waals surface area contributed by atoms with Gasteiger partial charge < -0.3 is 20.3 Å². The molecule has 0 aromatic heterocycles. The van der Waals surface area contributed by atoms with Crippen LogP contribution in [0.25, 0.3) is 0 Å². The van der Waals surface area contributed by atoms with E-state index in [-0.39, 0.29) is 6.61 Å². The van der Waals surface area contributed by atoms with Crippen molar-refractivity contribution in [3.63, 3.8) is 0 Å². The number of aliphatic hydroxyl groups excluding tert-OH is 1. The molecule has 0 aliphatic heterocycles. The molecule has 0 amide bonds. The SMILES string of the molecule is CNCC(O)c1ccc(OCC(=O)O)cc1. The molecule has 1 rings (SSSR count). The van der Waals surface area contributed by atoms with Crippen LogP contribution in [-0.2, 0) is 4.79 Å². The molecule has 0 bridgehead atoms. The summed E-state index contributed by atoms with van der Waals surface area (Å²) in [5.41, 5.74) is 0.761. The highest BCUT2D eigenvalue weighted by atomic mass is 16.5. The summed E-state index contributed by atoms with van der Waals surface area (Å²) in [6.07, 6.45) is -0.571. The molecule has 0 aliphatic carbocycles. The van der Waals surface area contributed by atoms with Crippen LogP contribution in [0.4, 0.5) is 0 Å². The molecule has 5 nitrogen and oxygen atoms in total. The zero-order valence-corrected chi connectivity index (χ0v) is 9.01. The van der Waals surface area contributed by atoms with E-state index in [1.54, 1.807) is 31.3 Å². The van der Waals surface area contributed by atoms with Crippen LogP contribution in [0.2, 0.25) is 0 Å². The predicted octanol–water partition coefficient (Wildman–Crippen LogP) is 0.403. The summed E-state index contributed by atoms with van der Waals surface area (Å²) >= 11 is 0. The van der Waals surface area contributed by atoms with Gasteiger partial charge in [-0.1, -0.05) is 12.1 Å². The van der Waals surface area contributed by atoms with Gasteiger partial charge in [-0.3, -0.25) is 0 Å². The fourth-order valence-corrected chi connectivity index (χ4v) is 1.24. The highest BCUT2D eigenvalue weighted by Crippen LogP contribution is 2.17. The minimum atomic E-state index is -1.01. The number of benzene rings is 1. The molecule has 0 aliphatic rings. The maximum Gasteiger partial charge on any atom is 0.341 e. The summed E-state index contributed by atoms with van der Waals surface area (Å²) in [5.74, 6) is -0.540. The molecule has 1 aromatic rings. The van der Waals surface area contributed by atoms with Crippen molar-refractivity contribution < 1.29 is 19.7 Å². The first kappa shape index (κ1) is 12.5. The Balaban J connectivity index is 2.57. The van der Waals surface area contributed by atoms with Crippen LogP contribution in [-0.4, -0.2) is 36.4 Å². The maximum atomic E-state index is 10.3. The Hall–Kier alpha value is -1.59. The fourth-order valence-electron chi connectivity index (χ4n) is 1.24. The van der Waals surface area contributed by atoms with Gasteiger partial charge in [-0.25, -0.2) is 4.79 Å². The van der Waals surface area contributed by atoms with E-state index in [2.05, 4.69) is 5.32 Å². The van der Waals surface area contributed by atoms with E-state index in [4.69, 9.17) is 9.84 Å². The van der Waals surface area contributed by atoms with Gasteiger partial charge in [0.2, 0.25) is 0 Å². The van der Waals surface area contributed by atoms with E-state index >= 15 is 0 Å². The second-order valence-corrected chi connectivity index (χ2v) is 3.32. The number of carboxylic acids is 1. The van der Waals surface area contributed by atoms with E-state index in [0.29, 0.717) is 12.3 Å². The molecule has 3 N–H and O–H groups in total. The molecule has 0 spiro atoms. The lowest BCUT2D eigenvalue weighted by atomic mass is 10.1. The average Bonchev–Trinajstić information content (AvgIpc) is 2.27. The van der Waals surface area contributed by atoms with Crippen molar-refractivity contribution in [1.29, 1.82) is 0 Å². The lowest BCUT2D eigenvalue weighted by Gasteiger charge is -2.10. The van der Waals surface area contributed by atoms with E-state index in [9.17, 15) is 9.90 Å². The lowest BCUT2D eigenvalue weighted by molar-refractivity contribution is -0.139. The number of likely N-dealkylation sites (N-methyl/N-ethyl adjacent to an activating group) is 1. The number of carbonyl (C=O) groups is 1. The second-order valence-electron chi connectivity index (χ2n) is 3.32. The molecule has 1 aromatic carbocycles. The third-order valence-corrected chi connectivity index (χ3v) is 2.02. The van der Waals surface area contributed by atoms with E-state index < -0.39 is 12.1 Å². The zero-order chi connectivity index (χ0) is 12.0. The van der Waals surface area contributed by atoms with Gasteiger partial charge in [-0.05, 0) is 24.7 Å². The maximum absolute atomic E-state index is 10.3. The van der Waals surface area contributed by atoms with E-state index in [1.807, 2.05) is 0 Å². The standard InChI is InChI=1S/C11H15NO4/c1-12-6-10(13)8-2-4-9(5-3-8)16-7-11(14)15/h2-5,10,12-13H,6-7H2,1H3,(H,14,15). The van der Waals surface area contributed by atoms with Crippen molar-refractivity contribution in [1.82, 2.24) is 5.32 Å². The molecular weight excluding hydrogens is 210 g/mol. The fraction of sp³-hybridized carbons (Fsp3) is 0.364. The molecule has 0 saturated carbocycles. The van der Waals surface area contributed by atoms with Gasteiger partial charge in [0.05, 0.1) is 6.10 Å². The number of aliphatic carboxylic acids is 1. The molecule has 0 heterocycles. The first-order valence-electron chi connectivity index (χ1n) is 4.90. The lowest BCUT2D eigenvalue weighted by Crippen LogP contribution is -2.16. The Kier molecular flexibility index (Phi) is 4.75. The normalized spacial score (nSPS) is 12.1. The minimum absolute atomic E-state index is 0.363. The molecule has 16 heavy (non-hydrogen) atoms. The molecule has 0 radical (unpaired) electrons. The van der Waals surface area contributed by atoms with Crippen LogP contribution in [0.15, 0.2) is 24.3 Å². The van der Waals surface area contributed by atoms with E-state index in [0.717, 1.165) is 5.56 Å². The largest absolute Gasteiger partial charge is 0.482 e. The Labute approximate surface area is 93.7 Å². The van der Waals surface area contributed by atoms with Crippen LogP contribution >= 0.6 is 0 Å². The molecule has 1 atom stereocenters. The van der Waals surface area contributed by atoms with Crippen LogP contribution in [0.5, 0.6) is 5.75 Å². The summed E-state index contributed by atoms with van der Waals surface area (Å²) in [5, 5.41) is 20.9. The van der Waals surface area contributed by atoms with Crippen LogP contribution < -0.4 is 10.1 Å². The Morgan fingerprint density at radius 3 is 2.56 bits per heavy atom. The van der Waals surface area contributed by atoms with Gasteiger partial charge in [0.1, 0.15) is 5.75 Å². The highest BCUT2D eigenvalue weighted by molar-refractivity contribution is 5.68. The Bertz CT molecular complexity index is 336. The van der Waals surface area contributed by atoms with Gasteiger partial charge in [0.15, 0.2) is 6.61 Å². The molecule has 0 fully saturated rings. The Morgan fingerprint density at radius 1 is 1.44 bits per heavy atom. The van der Waals surface area contributed by atoms with Crippen LogP contribution in [0.1, 0.15) is 11.7 Å². The molecule has 1 unspecified atom stereocenters. The number of carboxylic acid groups (broad SMARTS) is 1. The van der Waals surface area contributed by atoms with Crippen molar-refractivity contribution in [2.45, 2.75) is 6.10 Å². The smallest absolute Gasteiger partial charge is 0.341 e. The van der Waals surface area contributed by atoms with Crippen molar-refractivity contribution >= 4 is 5.97 Å². The van der Waals surface area contributed by atoms with Gasteiger partial charge in [0, 0.05) is 6.54 Å². The van der Waals surface area contributed by atoms with Crippen molar-refractivity contribution in [3.05, 3.63) is 29.8 Å². The molecular formula is C11H15NO4. The zero-order valence-electron chi connectivity index (χ0n) is 9.01. The quantitative estimate of drug-likeness (QED) is 0.653. The summed E-state index contributed by atoms with van der Waals surface area (Å²) < 4.78 is 4.97. The number of hydrogen-bond acceptors (Lipinski definition) is 4. The highest BCUT2D eigenvalue weighted by Gasteiger charge is 2.06. The third kappa shape index (κ3) is 3.88. The van der Waals surface area contributed by atoms with Gasteiger partial charge in [-0.2, -0.15) is 0 Å². The third-order valence-electron chi connectivity index (χ3n) is 2.02. The number of hydrogen-bond donors (Lipinski definition) is 3. The van der Waals surface area contributed by atoms with Crippen molar-refractivity contribution in [2.24, 2.45) is 0 Å². The van der Waals surface area contributed by atoms with Crippen molar-refractivity contribution in [2.75, 3.05) is 20.2 Å². The summed E-state index contributed by atoms with van der Waals surface area (Å²) in [6.45, 7) is 0.105. The summed E-state index contributed by atoms with van der Waals surface area (Å²) in [6, 6.07) is 6.69. The molecule has 5 heteroatoms. The number of rotatable bonds is 6. The van der Waals surface area contributed by atoms with Crippen LogP contribution in [0, 0.1) is 0 Å². The van der Waals surface area contributed by atoms with E-state index in [1.165, 1.54) is 0 Å². The number of aliphatic hydroxyl groups is 1. The predicted molar refractivity (Wildman–Crippen MR) is 58.5 cm³/mol. The van der Waals surface area contributed by atoms with Gasteiger partial charge in [0.25, 0.3) is 0 Å². The minimum Gasteiger partial charge on any atom is -0.482 e. The summed E-state index contributed by atoms with van der Waals surface area (Å²) in [4.78, 5) is 10.3. The topological polar surface area (TPSA) is 78.8 Å². The average molecular weight is 225 g/mol. The summed E-state index contributed by atoms with van der Waals surface area (Å²) in [7, 11) is 1.76. The van der Waals surface area contributed by atoms with Crippen LogP contribution in [0.3, 0.4) is 0 Å². The van der Waals surface area contributed by atoms with Gasteiger partial charge >= 0.3 is 5.97 Å². The molecule has 0 saturated heterocycles. The number of nitrogens with one attached hydrogen (secondary N) is 1. The second kappa shape index (κ2) is 6.09. The first-order chi connectivity index (χ1) is 7.63. The first-order valence-corrected chi connectivity index (χ1v) is 4.90. The number of ether oxygens (including phenoxy) is 1. The van der Waals surface area contributed by atoms with Gasteiger partial charge in [-0.15, -0.1) is 0 Å². The Morgan fingerprint density at radius 2 is 2.06 bits per heavy atom.